The summed E-state index contributed by atoms with van der Waals surface area (Å²) in [5.41, 5.74) is 4.72. The molecule has 5 aromatic rings. The molecule has 3 aromatic heterocycles. The van der Waals surface area contributed by atoms with Gasteiger partial charge in [-0.3, -0.25) is 14.3 Å². The standard InChI is InChI=1S/C27H21FN4O/c1-18-17-32(27-30-15-21(16-31-27)23-4-2-3-5-24(23)28)25-14-20(7-8-22(18)25)26(33)9-6-19-10-12-29-13-11-19/h2-5,7-8,10-17H,6,9H2,1H3. The molecule has 0 unspecified atom stereocenters. The number of nitrogens with zero attached hydrogens (tertiary/aromatic N) is 4. The molecular weight excluding hydrogens is 415 g/mol. The van der Waals surface area contributed by atoms with Crippen molar-refractivity contribution in [2.24, 2.45) is 0 Å². The lowest BCUT2D eigenvalue weighted by Gasteiger charge is -2.07. The number of carbonyl (C=O) groups excluding carboxylic acids is 1. The molecule has 6 heteroatoms. The van der Waals surface area contributed by atoms with Gasteiger partial charge in [-0.25, -0.2) is 14.4 Å². The Balaban J connectivity index is 1.45. The number of aryl methyl sites for hydroxylation is 2. The molecule has 0 saturated heterocycles. The summed E-state index contributed by atoms with van der Waals surface area (Å²) in [6.07, 6.45) is 9.74. The molecule has 0 aliphatic rings. The van der Waals surface area contributed by atoms with Gasteiger partial charge >= 0.3 is 0 Å². The Bertz CT molecular complexity index is 1440. The van der Waals surface area contributed by atoms with Gasteiger partial charge in [0.05, 0.1) is 5.52 Å². The highest BCUT2D eigenvalue weighted by Crippen LogP contribution is 2.26. The van der Waals surface area contributed by atoms with Crippen molar-refractivity contribution in [1.29, 1.82) is 0 Å². The van der Waals surface area contributed by atoms with Crippen LogP contribution in [0, 0.1) is 12.7 Å². The second kappa shape index (κ2) is 8.74. The monoisotopic (exact) mass is 436 g/mol. The van der Waals surface area contributed by atoms with Gasteiger partial charge in [0.15, 0.2) is 5.78 Å². The van der Waals surface area contributed by atoms with E-state index in [-0.39, 0.29) is 11.6 Å². The van der Waals surface area contributed by atoms with Crippen LogP contribution in [0.3, 0.4) is 0 Å². The zero-order valence-electron chi connectivity index (χ0n) is 18.1. The highest BCUT2D eigenvalue weighted by molar-refractivity contribution is 6.00. The van der Waals surface area contributed by atoms with Crippen LogP contribution < -0.4 is 0 Å². The van der Waals surface area contributed by atoms with E-state index in [0.29, 0.717) is 35.5 Å². The summed E-state index contributed by atoms with van der Waals surface area (Å²) in [5, 5.41) is 1.03. The van der Waals surface area contributed by atoms with Crippen molar-refractivity contribution in [1.82, 2.24) is 19.5 Å². The minimum absolute atomic E-state index is 0.0786. The fourth-order valence-corrected chi connectivity index (χ4v) is 3.97. The average Bonchev–Trinajstić information content (AvgIpc) is 3.19. The summed E-state index contributed by atoms with van der Waals surface area (Å²) < 4.78 is 16.0. The van der Waals surface area contributed by atoms with E-state index < -0.39 is 0 Å². The first-order valence-electron chi connectivity index (χ1n) is 10.7. The number of halogens is 1. The summed E-state index contributed by atoms with van der Waals surface area (Å²) in [5.74, 6) is 0.232. The van der Waals surface area contributed by atoms with Crippen LogP contribution >= 0.6 is 0 Å². The van der Waals surface area contributed by atoms with Gasteiger partial charge < -0.3 is 0 Å². The van der Waals surface area contributed by atoms with Crippen molar-refractivity contribution in [2.75, 3.05) is 0 Å². The third kappa shape index (κ3) is 4.15. The fourth-order valence-electron chi connectivity index (χ4n) is 3.97. The molecule has 0 aliphatic heterocycles. The number of aromatic nitrogens is 4. The smallest absolute Gasteiger partial charge is 0.234 e. The number of carbonyl (C=O) groups is 1. The highest BCUT2D eigenvalue weighted by atomic mass is 19.1. The third-order valence-corrected chi connectivity index (χ3v) is 5.76. The van der Waals surface area contributed by atoms with Crippen molar-refractivity contribution in [2.45, 2.75) is 19.8 Å². The summed E-state index contributed by atoms with van der Waals surface area (Å²) in [6.45, 7) is 2.01. The SMILES string of the molecule is Cc1cn(-c2ncc(-c3ccccc3F)cn2)c2cc(C(=O)CCc3ccncc3)ccc12. The molecule has 0 radical (unpaired) electrons. The van der Waals surface area contributed by atoms with E-state index in [2.05, 4.69) is 15.0 Å². The molecule has 0 aliphatic carbocycles. The Morgan fingerprint density at radius 2 is 1.76 bits per heavy atom. The zero-order valence-corrected chi connectivity index (χ0v) is 18.1. The van der Waals surface area contributed by atoms with Crippen LogP contribution in [0.1, 0.15) is 27.9 Å². The van der Waals surface area contributed by atoms with Crippen molar-refractivity contribution in [3.63, 3.8) is 0 Å². The first-order chi connectivity index (χ1) is 16.1. The number of hydrogen-bond donors (Lipinski definition) is 0. The second-order valence-corrected chi connectivity index (χ2v) is 7.94. The number of benzene rings is 2. The molecule has 0 spiro atoms. The second-order valence-electron chi connectivity index (χ2n) is 7.94. The van der Waals surface area contributed by atoms with Crippen LogP contribution in [0.25, 0.3) is 28.0 Å². The van der Waals surface area contributed by atoms with Crippen LogP contribution in [0.2, 0.25) is 0 Å². The number of pyridine rings is 1. The Hall–Kier alpha value is -4.19. The number of fused-ring (bicyclic) bond motifs is 1. The van der Waals surface area contributed by atoms with Crippen LogP contribution in [0.15, 0.2) is 85.6 Å². The Morgan fingerprint density at radius 1 is 1.00 bits per heavy atom. The molecule has 0 amide bonds. The van der Waals surface area contributed by atoms with Gasteiger partial charge in [-0.1, -0.05) is 30.3 Å². The number of ketones is 1. The zero-order chi connectivity index (χ0) is 22.8. The normalized spacial score (nSPS) is 11.1. The molecule has 5 nitrogen and oxygen atoms in total. The predicted octanol–water partition coefficient (Wildman–Crippen LogP) is 5.75. The van der Waals surface area contributed by atoms with E-state index in [0.717, 1.165) is 22.0 Å². The summed E-state index contributed by atoms with van der Waals surface area (Å²) >= 11 is 0. The van der Waals surface area contributed by atoms with E-state index in [9.17, 15) is 9.18 Å². The van der Waals surface area contributed by atoms with Crippen molar-refractivity contribution in [3.05, 3.63) is 108 Å². The molecule has 0 N–H and O–H groups in total. The molecule has 0 fully saturated rings. The van der Waals surface area contributed by atoms with Crippen LogP contribution in [0.5, 0.6) is 0 Å². The van der Waals surface area contributed by atoms with Gasteiger partial charge in [-0.05, 0) is 48.7 Å². The summed E-state index contributed by atoms with van der Waals surface area (Å²) in [7, 11) is 0. The van der Waals surface area contributed by atoms with Gasteiger partial charge in [-0.2, -0.15) is 0 Å². The first kappa shape index (κ1) is 20.7. The maximum Gasteiger partial charge on any atom is 0.234 e. The molecule has 162 valence electrons. The van der Waals surface area contributed by atoms with Crippen molar-refractivity contribution >= 4 is 16.7 Å². The Morgan fingerprint density at radius 3 is 2.52 bits per heavy atom. The lowest BCUT2D eigenvalue weighted by molar-refractivity contribution is 0.0983. The molecule has 2 aromatic carbocycles. The van der Waals surface area contributed by atoms with E-state index >= 15 is 0 Å². The maximum atomic E-state index is 14.1. The topological polar surface area (TPSA) is 60.7 Å². The lowest BCUT2D eigenvalue weighted by Crippen LogP contribution is -2.03. The molecule has 33 heavy (non-hydrogen) atoms. The molecular formula is C27H21FN4O. The highest BCUT2D eigenvalue weighted by Gasteiger charge is 2.14. The summed E-state index contributed by atoms with van der Waals surface area (Å²) in [4.78, 5) is 25.8. The quantitative estimate of drug-likeness (QED) is 0.318. The molecule has 5 rings (SSSR count). The summed E-state index contributed by atoms with van der Waals surface area (Å²) in [6, 6.07) is 16.1. The van der Waals surface area contributed by atoms with Crippen molar-refractivity contribution in [3.8, 4) is 17.1 Å². The number of Topliss-reactive ketones (excluding diaryl/α,β-unsaturated/α-hetero) is 1. The molecule has 0 atom stereocenters. The van der Waals surface area contributed by atoms with Gasteiger partial charge in [-0.15, -0.1) is 0 Å². The van der Waals surface area contributed by atoms with Gasteiger partial charge in [0.2, 0.25) is 5.95 Å². The van der Waals surface area contributed by atoms with E-state index in [1.165, 1.54) is 6.07 Å². The maximum absolute atomic E-state index is 14.1. The van der Waals surface area contributed by atoms with Crippen LogP contribution in [-0.2, 0) is 6.42 Å². The van der Waals surface area contributed by atoms with Crippen LogP contribution in [-0.4, -0.2) is 25.3 Å². The third-order valence-electron chi connectivity index (χ3n) is 5.76. The van der Waals surface area contributed by atoms with Gasteiger partial charge in [0, 0.05) is 59.5 Å². The lowest BCUT2D eigenvalue weighted by atomic mass is 10.0. The molecule has 3 heterocycles. The fraction of sp³-hybridized carbons (Fsp3) is 0.111. The first-order valence-corrected chi connectivity index (χ1v) is 10.7. The predicted molar refractivity (Wildman–Crippen MR) is 126 cm³/mol. The van der Waals surface area contributed by atoms with Gasteiger partial charge in [0.25, 0.3) is 0 Å². The van der Waals surface area contributed by atoms with E-state index in [1.807, 2.05) is 48.0 Å². The minimum Gasteiger partial charge on any atom is -0.294 e. The Kier molecular flexibility index (Phi) is 5.48. The van der Waals surface area contributed by atoms with E-state index in [1.54, 1.807) is 43.0 Å². The number of hydrogen-bond acceptors (Lipinski definition) is 4. The van der Waals surface area contributed by atoms with Crippen LogP contribution in [0.4, 0.5) is 4.39 Å². The van der Waals surface area contributed by atoms with Crippen molar-refractivity contribution < 1.29 is 9.18 Å². The average molecular weight is 436 g/mol. The largest absolute Gasteiger partial charge is 0.294 e. The molecule has 0 bridgehead atoms. The van der Waals surface area contributed by atoms with Gasteiger partial charge in [0.1, 0.15) is 5.82 Å². The molecule has 0 saturated carbocycles. The number of rotatable bonds is 6. The Labute approximate surface area is 190 Å². The minimum atomic E-state index is -0.314. The van der Waals surface area contributed by atoms with E-state index in [4.69, 9.17) is 0 Å².